The van der Waals surface area contributed by atoms with Crippen LogP contribution in [0.4, 0.5) is 14.5 Å². The van der Waals surface area contributed by atoms with E-state index in [1.807, 2.05) is 0 Å². The molecule has 0 spiro atoms. The Morgan fingerprint density at radius 2 is 1.78 bits per heavy atom. The topological polar surface area (TPSA) is 73.9 Å². The van der Waals surface area contributed by atoms with Crippen LogP contribution in [0.1, 0.15) is 5.56 Å². The molecule has 6 nitrogen and oxygen atoms in total. The van der Waals surface area contributed by atoms with Crippen LogP contribution in [0.3, 0.4) is 0 Å². The fourth-order valence-electron chi connectivity index (χ4n) is 2.21. The van der Waals surface area contributed by atoms with Crippen molar-refractivity contribution in [2.45, 2.75) is 0 Å². The summed E-state index contributed by atoms with van der Waals surface area (Å²) in [4.78, 5) is 23.5. The zero-order valence-corrected chi connectivity index (χ0v) is 14.6. The van der Waals surface area contributed by atoms with Crippen molar-refractivity contribution < 1.29 is 32.6 Å². The molecule has 0 fully saturated rings. The van der Waals surface area contributed by atoms with E-state index in [1.54, 1.807) is 18.2 Å². The minimum absolute atomic E-state index is 0.0785. The van der Waals surface area contributed by atoms with Crippen molar-refractivity contribution >= 4 is 23.6 Å². The Kier molecular flexibility index (Phi) is 6.87. The maximum Gasteiger partial charge on any atom is 0.331 e. The molecule has 0 atom stereocenters. The third-order valence-electron chi connectivity index (χ3n) is 3.32. The number of amides is 1. The van der Waals surface area contributed by atoms with Crippen molar-refractivity contribution in [1.82, 2.24) is 0 Å². The largest absolute Gasteiger partial charge is 0.493 e. The van der Waals surface area contributed by atoms with Crippen molar-refractivity contribution in [3.63, 3.8) is 0 Å². The number of nitrogens with one attached hydrogen (secondary N) is 1. The van der Waals surface area contributed by atoms with Crippen LogP contribution in [0.2, 0.25) is 0 Å². The van der Waals surface area contributed by atoms with Crippen LogP contribution < -0.4 is 14.8 Å². The molecule has 27 heavy (non-hydrogen) atoms. The molecular formula is C19H17F2NO5. The molecule has 2 rings (SSSR count). The number of anilines is 1. The Balaban J connectivity index is 1.92. The second kappa shape index (κ2) is 9.33. The average molecular weight is 377 g/mol. The monoisotopic (exact) mass is 377 g/mol. The number of rotatable bonds is 7. The lowest BCUT2D eigenvalue weighted by molar-refractivity contribution is -0.142. The lowest BCUT2D eigenvalue weighted by Gasteiger charge is -2.09. The van der Waals surface area contributed by atoms with Gasteiger partial charge in [-0.15, -0.1) is 0 Å². The maximum atomic E-state index is 13.1. The second-order valence-electron chi connectivity index (χ2n) is 5.23. The van der Waals surface area contributed by atoms with E-state index in [0.717, 1.165) is 18.2 Å². The van der Waals surface area contributed by atoms with Crippen LogP contribution in [0.15, 0.2) is 42.5 Å². The van der Waals surface area contributed by atoms with Gasteiger partial charge in [0.05, 0.1) is 14.2 Å². The van der Waals surface area contributed by atoms with Gasteiger partial charge in [-0.3, -0.25) is 4.79 Å². The maximum absolute atomic E-state index is 13.1. The number of hydrogen-bond donors (Lipinski definition) is 1. The molecule has 0 unspecified atom stereocenters. The molecule has 0 saturated heterocycles. The van der Waals surface area contributed by atoms with E-state index in [-0.39, 0.29) is 5.69 Å². The molecule has 2 aromatic rings. The molecule has 0 bridgehead atoms. The van der Waals surface area contributed by atoms with E-state index in [4.69, 9.17) is 14.2 Å². The number of carbonyl (C=O) groups excluding carboxylic acids is 2. The fraction of sp³-hybridized carbons (Fsp3) is 0.158. The first-order valence-electron chi connectivity index (χ1n) is 7.74. The number of esters is 1. The highest BCUT2D eigenvalue weighted by atomic mass is 19.1. The van der Waals surface area contributed by atoms with E-state index in [9.17, 15) is 18.4 Å². The first-order valence-corrected chi connectivity index (χ1v) is 7.74. The van der Waals surface area contributed by atoms with Gasteiger partial charge in [0.25, 0.3) is 5.91 Å². The number of hydrogen-bond acceptors (Lipinski definition) is 5. The molecule has 0 aliphatic rings. The lowest BCUT2D eigenvalue weighted by Crippen LogP contribution is -2.20. The summed E-state index contributed by atoms with van der Waals surface area (Å²) < 4.78 is 41.3. The third kappa shape index (κ3) is 5.81. The molecular weight excluding hydrogens is 360 g/mol. The summed E-state index contributed by atoms with van der Waals surface area (Å²) in [5.41, 5.74) is 0.499. The zero-order valence-electron chi connectivity index (χ0n) is 14.6. The molecule has 1 amide bonds. The molecule has 2 aromatic carbocycles. The van der Waals surface area contributed by atoms with Gasteiger partial charge in [0.1, 0.15) is 11.6 Å². The van der Waals surface area contributed by atoms with Gasteiger partial charge in [-0.05, 0) is 24.3 Å². The Hall–Kier alpha value is -3.42. The Labute approximate surface area is 154 Å². The van der Waals surface area contributed by atoms with Gasteiger partial charge >= 0.3 is 5.97 Å². The number of para-hydroxylation sites is 1. The van der Waals surface area contributed by atoms with Crippen molar-refractivity contribution in [2.24, 2.45) is 0 Å². The number of ether oxygens (including phenoxy) is 3. The zero-order chi connectivity index (χ0) is 19.8. The van der Waals surface area contributed by atoms with E-state index >= 15 is 0 Å². The highest BCUT2D eigenvalue weighted by Gasteiger charge is 2.10. The molecule has 0 aliphatic carbocycles. The Morgan fingerprint density at radius 1 is 1.07 bits per heavy atom. The van der Waals surface area contributed by atoms with Gasteiger partial charge in [0.2, 0.25) is 0 Å². The van der Waals surface area contributed by atoms with E-state index in [2.05, 4.69) is 5.32 Å². The first-order chi connectivity index (χ1) is 12.9. The summed E-state index contributed by atoms with van der Waals surface area (Å²) in [6, 6.07) is 7.69. The summed E-state index contributed by atoms with van der Waals surface area (Å²) in [7, 11) is 2.95. The quantitative estimate of drug-likeness (QED) is 0.593. The van der Waals surface area contributed by atoms with Crippen molar-refractivity contribution in [3.05, 3.63) is 59.7 Å². The predicted octanol–water partition coefficient (Wildman–Crippen LogP) is 3.18. The summed E-state index contributed by atoms with van der Waals surface area (Å²) in [5.74, 6) is -2.25. The van der Waals surface area contributed by atoms with Crippen molar-refractivity contribution in [1.29, 1.82) is 0 Å². The standard InChI is InChI=1S/C19H17F2NO5/c1-25-16-5-3-4-12(19(16)26-2)6-7-18(24)27-11-17(23)22-15-9-13(20)8-14(21)10-15/h3-10H,11H2,1-2H3,(H,22,23)/b7-6+. The number of methoxy groups -OCH3 is 2. The summed E-state index contributed by atoms with van der Waals surface area (Å²) in [6.07, 6.45) is 2.57. The number of carbonyl (C=O) groups is 2. The minimum atomic E-state index is -0.836. The third-order valence-corrected chi connectivity index (χ3v) is 3.32. The van der Waals surface area contributed by atoms with Gasteiger partial charge in [0.15, 0.2) is 18.1 Å². The molecule has 0 radical (unpaired) electrons. The number of benzene rings is 2. The normalized spacial score (nSPS) is 10.5. The molecule has 0 saturated carbocycles. The lowest BCUT2D eigenvalue weighted by atomic mass is 10.1. The first kappa shape index (κ1) is 19.9. The van der Waals surface area contributed by atoms with Gasteiger partial charge in [0, 0.05) is 23.4 Å². The Morgan fingerprint density at radius 3 is 2.41 bits per heavy atom. The molecule has 0 aromatic heterocycles. The van der Waals surface area contributed by atoms with Crippen LogP contribution in [0.5, 0.6) is 11.5 Å². The van der Waals surface area contributed by atoms with Gasteiger partial charge in [-0.25, -0.2) is 13.6 Å². The van der Waals surface area contributed by atoms with E-state index < -0.39 is 30.1 Å². The smallest absolute Gasteiger partial charge is 0.331 e. The SMILES string of the molecule is COc1cccc(/C=C/C(=O)OCC(=O)Nc2cc(F)cc(F)c2)c1OC. The Bertz CT molecular complexity index is 847. The van der Waals surface area contributed by atoms with Crippen LogP contribution in [-0.2, 0) is 14.3 Å². The van der Waals surface area contributed by atoms with Crippen molar-refractivity contribution in [3.8, 4) is 11.5 Å². The van der Waals surface area contributed by atoms with E-state index in [0.29, 0.717) is 23.1 Å². The highest BCUT2D eigenvalue weighted by molar-refractivity contribution is 5.94. The molecule has 1 N–H and O–H groups in total. The summed E-state index contributed by atoms with van der Waals surface area (Å²) in [6.45, 7) is -0.615. The van der Waals surface area contributed by atoms with Crippen LogP contribution in [0, 0.1) is 11.6 Å². The number of halogens is 2. The molecule has 8 heteroatoms. The fourth-order valence-corrected chi connectivity index (χ4v) is 2.21. The van der Waals surface area contributed by atoms with Crippen LogP contribution in [0.25, 0.3) is 6.08 Å². The van der Waals surface area contributed by atoms with Gasteiger partial charge < -0.3 is 19.5 Å². The van der Waals surface area contributed by atoms with Crippen LogP contribution >= 0.6 is 0 Å². The molecule has 0 heterocycles. The molecule has 0 aliphatic heterocycles. The average Bonchev–Trinajstić information content (AvgIpc) is 2.63. The van der Waals surface area contributed by atoms with Gasteiger partial charge in [-0.1, -0.05) is 12.1 Å². The van der Waals surface area contributed by atoms with Gasteiger partial charge in [-0.2, -0.15) is 0 Å². The van der Waals surface area contributed by atoms with Crippen LogP contribution in [-0.4, -0.2) is 32.7 Å². The van der Waals surface area contributed by atoms with E-state index in [1.165, 1.54) is 20.3 Å². The minimum Gasteiger partial charge on any atom is -0.493 e. The summed E-state index contributed by atoms with van der Waals surface area (Å²) in [5, 5.41) is 2.23. The predicted molar refractivity (Wildman–Crippen MR) is 94.5 cm³/mol. The second-order valence-corrected chi connectivity index (χ2v) is 5.23. The highest BCUT2D eigenvalue weighted by Crippen LogP contribution is 2.31. The summed E-state index contributed by atoms with van der Waals surface area (Å²) >= 11 is 0. The van der Waals surface area contributed by atoms with Crippen molar-refractivity contribution in [2.75, 3.05) is 26.1 Å². The molecule has 142 valence electrons.